The standard InChI is InChI=1S/C21H30N2O.ClH/c22-20-15-7-4-8-16(20)12-18(11-15)21(24)23-13-17-9-3-6-14-5-1-2-10-19(14)17;/h1-2,5,10,15-18,20H,3-4,6-9,11-13,22H2,(H,23,24);1H. The van der Waals surface area contributed by atoms with Crippen LogP contribution in [0, 0.1) is 17.8 Å². The highest BCUT2D eigenvalue weighted by molar-refractivity contribution is 5.85. The lowest BCUT2D eigenvalue weighted by Crippen LogP contribution is -2.49. The number of fused-ring (bicyclic) bond motifs is 3. The summed E-state index contributed by atoms with van der Waals surface area (Å²) in [5.74, 6) is 2.11. The molecular formula is C21H31ClN2O. The van der Waals surface area contributed by atoms with Crippen LogP contribution in [0.25, 0.3) is 0 Å². The molecule has 2 bridgehead atoms. The molecule has 0 heterocycles. The summed E-state index contributed by atoms with van der Waals surface area (Å²) in [4.78, 5) is 12.7. The minimum atomic E-state index is 0. The molecule has 25 heavy (non-hydrogen) atoms. The van der Waals surface area contributed by atoms with Gasteiger partial charge in [0.2, 0.25) is 5.91 Å². The topological polar surface area (TPSA) is 55.1 Å². The van der Waals surface area contributed by atoms with Crippen molar-refractivity contribution in [3.05, 3.63) is 35.4 Å². The zero-order valence-corrected chi connectivity index (χ0v) is 15.8. The Balaban J connectivity index is 0.00000182. The first-order chi connectivity index (χ1) is 11.7. The van der Waals surface area contributed by atoms with E-state index in [-0.39, 0.29) is 24.2 Å². The maximum atomic E-state index is 12.7. The van der Waals surface area contributed by atoms with Gasteiger partial charge in [0, 0.05) is 24.4 Å². The molecule has 3 unspecified atom stereocenters. The molecule has 2 saturated carbocycles. The number of rotatable bonds is 3. The molecule has 3 aliphatic rings. The van der Waals surface area contributed by atoms with Gasteiger partial charge < -0.3 is 11.1 Å². The Labute approximate surface area is 157 Å². The number of halogens is 1. The van der Waals surface area contributed by atoms with Gasteiger partial charge in [0.1, 0.15) is 0 Å². The van der Waals surface area contributed by atoms with Crippen LogP contribution < -0.4 is 11.1 Å². The third-order valence-electron chi connectivity index (χ3n) is 6.80. The Hall–Kier alpha value is -1.06. The monoisotopic (exact) mass is 362 g/mol. The van der Waals surface area contributed by atoms with Gasteiger partial charge in [-0.1, -0.05) is 30.7 Å². The van der Waals surface area contributed by atoms with E-state index in [4.69, 9.17) is 5.73 Å². The van der Waals surface area contributed by atoms with Gasteiger partial charge in [0.25, 0.3) is 0 Å². The van der Waals surface area contributed by atoms with E-state index in [0.29, 0.717) is 23.8 Å². The largest absolute Gasteiger partial charge is 0.355 e. The molecule has 0 aliphatic heterocycles. The van der Waals surface area contributed by atoms with Crippen LogP contribution >= 0.6 is 12.4 Å². The lowest BCUT2D eigenvalue weighted by atomic mass is 9.65. The molecule has 1 amide bonds. The summed E-state index contributed by atoms with van der Waals surface area (Å²) in [6.07, 6.45) is 9.36. The second kappa shape index (κ2) is 8.09. The van der Waals surface area contributed by atoms with Crippen molar-refractivity contribution in [1.82, 2.24) is 5.32 Å². The van der Waals surface area contributed by atoms with E-state index < -0.39 is 0 Å². The van der Waals surface area contributed by atoms with Crippen LogP contribution in [0.15, 0.2) is 24.3 Å². The number of carbonyl (C=O) groups excluding carboxylic acids is 1. The van der Waals surface area contributed by atoms with Crippen LogP contribution in [0.1, 0.15) is 62.0 Å². The van der Waals surface area contributed by atoms with Crippen molar-refractivity contribution >= 4 is 18.3 Å². The van der Waals surface area contributed by atoms with Crippen molar-refractivity contribution in [2.45, 2.75) is 63.3 Å². The van der Waals surface area contributed by atoms with Gasteiger partial charge in [0.05, 0.1) is 0 Å². The summed E-state index contributed by atoms with van der Waals surface area (Å²) in [5, 5.41) is 3.29. The summed E-state index contributed by atoms with van der Waals surface area (Å²) in [5.41, 5.74) is 9.28. The van der Waals surface area contributed by atoms with Crippen LogP contribution in [0.3, 0.4) is 0 Å². The normalized spacial score (nSPS) is 33.7. The van der Waals surface area contributed by atoms with E-state index >= 15 is 0 Å². The van der Waals surface area contributed by atoms with Gasteiger partial charge in [-0.15, -0.1) is 12.4 Å². The molecule has 1 aromatic carbocycles. The third kappa shape index (κ3) is 3.88. The third-order valence-corrected chi connectivity index (χ3v) is 6.80. The number of amides is 1. The van der Waals surface area contributed by atoms with Crippen LogP contribution in [0.4, 0.5) is 0 Å². The molecule has 1 aromatic rings. The molecule has 138 valence electrons. The predicted octanol–water partition coefficient (Wildman–Crippen LogP) is 3.80. The SMILES string of the molecule is Cl.NC1C2CCCC1CC(C(=O)NCC1CCCc3ccccc31)C2. The van der Waals surface area contributed by atoms with Gasteiger partial charge in [-0.3, -0.25) is 4.79 Å². The molecule has 4 rings (SSSR count). The van der Waals surface area contributed by atoms with E-state index in [1.165, 1.54) is 49.7 Å². The molecule has 3 aliphatic carbocycles. The Morgan fingerprint density at radius 1 is 1.08 bits per heavy atom. The number of nitrogens with two attached hydrogens (primary N) is 1. The van der Waals surface area contributed by atoms with Crippen molar-refractivity contribution < 1.29 is 4.79 Å². The number of nitrogens with one attached hydrogen (secondary N) is 1. The Bertz CT molecular complexity index is 591. The molecule has 0 spiro atoms. The van der Waals surface area contributed by atoms with Gasteiger partial charge in [-0.05, 0) is 67.9 Å². The highest BCUT2D eigenvalue weighted by Crippen LogP contribution is 2.42. The van der Waals surface area contributed by atoms with E-state index in [0.717, 1.165) is 19.4 Å². The van der Waals surface area contributed by atoms with Gasteiger partial charge in [0.15, 0.2) is 0 Å². The summed E-state index contributed by atoms with van der Waals surface area (Å²) in [6, 6.07) is 9.09. The predicted molar refractivity (Wildman–Crippen MR) is 104 cm³/mol. The van der Waals surface area contributed by atoms with Crippen molar-refractivity contribution in [3.63, 3.8) is 0 Å². The zero-order chi connectivity index (χ0) is 16.5. The molecule has 4 heteroatoms. The summed E-state index contributed by atoms with van der Waals surface area (Å²) in [6.45, 7) is 0.799. The fourth-order valence-electron chi connectivity index (χ4n) is 5.44. The van der Waals surface area contributed by atoms with E-state index in [2.05, 4.69) is 29.6 Å². The minimum Gasteiger partial charge on any atom is -0.355 e. The summed E-state index contributed by atoms with van der Waals surface area (Å²) in [7, 11) is 0. The van der Waals surface area contributed by atoms with Gasteiger partial charge >= 0.3 is 0 Å². The molecule has 2 fully saturated rings. The first kappa shape index (κ1) is 18.7. The fourth-order valence-corrected chi connectivity index (χ4v) is 5.44. The van der Waals surface area contributed by atoms with Gasteiger partial charge in [-0.25, -0.2) is 0 Å². The zero-order valence-electron chi connectivity index (χ0n) is 15.0. The van der Waals surface area contributed by atoms with E-state index in [9.17, 15) is 4.79 Å². The molecular weight excluding hydrogens is 332 g/mol. The highest BCUT2D eigenvalue weighted by atomic mass is 35.5. The quantitative estimate of drug-likeness (QED) is 0.859. The number of aryl methyl sites for hydroxylation is 1. The summed E-state index contributed by atoms with van der Waals surface area (Å²) >= 11 is 0. The Morgan fingerprint density at radius 2 is 1.80 bits per heavy atom. The number of hydrogen-bond donors (Lipinski definition) is 2. The maximum absolute atomic E-state index is 12.7. The number of hydrogen-bond acceptors (Lipinski definition) is 2. The van der Waals surface area contributed by atoms with Crippen LogP contribution in [-0.2, 0) is 11.2 Å². The molecule has 3 atom stereocenters. The first-order valence-corrected chi connectivity index (χ1v) is 9.83. The van der Waals surface area contributed by atoms with Crippen LogP contribution in [0.2, 0.25) is 0 Å². The van der Waals surface area contributed by atoms with Gasteiger partial charge in [-0.2, -0.15) is 0 Å². The maximum Gasteiger partial charge on any atom is 0.223 e. The van der Waals surface area contributed by atoms with E-state index in [1.807, 2.05) is 0 Å². The minimum absolute atomic E-state index is 0. The van der Waals surface area contributed by atoms with Crippen molar-refractivity contribution in [1.29, 1.82) is 0 Å². The highest BCUT2D eigenvalue weighted by Gasteiger charge is 2.40. The lowest BCUT2D eigenvalue weighted by molar-refractivity contribution is -0.128. The second-order valence-electron chi connectivity index (χ2n) is 8.23. The van der Waals surface area contributed by atoms with Crippen molar-refractivity contribution in [3.8, 4) is 0 Å². The number of benzene rings is 1. The van der Waals surface area contributed by atoms with Crippen molar-refractivity contribution in [2.24, 2.45) is 23.5 Å². The van der Waals surface area contributed by atoms with Crippen LogP contribution in [0.5, 0.6) is 0 Å². The Morgan fingerprint density at radius 3 is 2.56 bits per heavy atom. The fraction of sp³-hybridized carbons (Fsp3) is 0.667. The molecule has 0 saturated heterocycles. The summed E-state index contributed by atoms with van der Waals surface area (Å²) < 4.78 is 0. The number of carbonyl (C=O) groups is 1. The lowest BCUT2D eigenvalue weighted by Gasteiger charge is -2.43. The smallest absolute Gasteiger partial charge is 0.223 e. The van der Waals surface area contributed by atoms with E-state index in [1.54, 1.807) is 0 Å². The average molecular weight is 363 g/mol. The molecule has 3 nitrogen and oxygen atoms in total. The van der Waals surface area contributed by atoms with Crippen LogP contribution in [-0.4, -0.2) is 18.5 Å². The second-order valence-corrected chi connectivity index (χ2v) is 8.23. The Kier molecular flexibility index (Phi) is 6.06. The van der Waals surface area contributed by atoms with Crippen molar-refractivity contribution in [2.75, 3.05) is 6.54 Å². The molecule has 3 N–H and O–H groups in total. The molecule has 0 aromatic heterocycles. The first-order valence-electron chi connectivity index (χ1n) is 9.83. The molecule has 0 radical (unpaired) electrons. The average Bonchev–Trinajstić information content (AvgIpc) is 2.59.